The van der Waals surface area contributed by atoms with E-state index in [1.54, 1.807) is 0 Å². The summed E-state index contributed by atoms with van der Waals surface area (Å²) in [5.74, 6) is -8.73. The molecule has 7 atom stereocenters. The van der Waals surface area contributed by atoms with Gasteiger partial charge in [0.2, 0.25) is 12.1 Å². The first-order valence-corrected chi connectivity index (χ1v) is 12.1. The first-order valence-electron chi connectivity index (χ1n) is 12.1. The fourth-order valence-electron chi connectivity index (χ4n) is 3.92. The fourth-order valence-corrected chi connectivity index (χ4v) is 3.92. The molecule has 41 heavy (non-hydrogen) atoms. The van der Waals surface area contributed by atoms with Crippen LogP contribution < -0.4 is 5.32 Å². The summed E-state index contributed by atoms with van der Waals surface area (Å²) >= 11 is 0. The van der Waals surface area contributed by atoms with Crippen molar-refractivity contribution >= 4 is 41.7 Å². The van der Waals surface area contributed by atoms with Crippen LogP contribution in [-0.2, 0) is 66.7 Å². The van der Waals surface area contributed by atoms with E-state index in [-0.39, 0.29) is 12.8 Å². The van der Waals surface area contributed by atoms with Crippen LogP contribution in [0.3, 0.4) is 0 Å². The Morgan fingerprint density at radius 3 is 2.02 bits per heavy atom. The van der Waals surface area contributed by atoms with Gasteiger partial charge in [-0.1, -0.05) is 0 Å². The standard InChI is InChI=1S/C25H32FNO14/c1-8-9-10-18(33)27-19-21(20(38-14(4)30)17(37-13(3)29)11-36-12(2)28)41-25(24(34)35-7,40-16(6)32)23(26)22(19)39-15(5)31/h1,17,19-23H,9-11H2,2-7H3,(H,27,33)/t17-,19?,20-,21?,22?,23?,25?/m1/s1. The molecule has 0 spiro atoms. The number of esters is 6. The van der Waals surface area contributed by atoms with Crippen LogP contribution in [0, 0.1) is 12.3 Å². The summed E-state index contributed by atoms with van der Waals surface area (Å²) in [6, 6.07) is -1.81. The summed E-state index contributed by atoms with van der Waals surface area (Å²) in [5, 5.41) is 2.36. The predicted octanol–water partition coefficient (Wildman–Crippen LogP) is -0.588. The van der Waals surface area contributed by atoms with E-state index in [0.29, 0.717) is 0 Å². The van der Waals surface area contributed by atoms with Crippen molar-refractivity contribution in [3.05, 3.63) is 0 Å². The zero-order valence-electron chi connectivity index (χ0n) is 23.3. The average molecular weight is 590 g/mol. The number of nitrogens with one attached hydrogen (secondary N) is 1. The maximum atomic E-state index is 16.2. The molecule has 1 N–H and O–H groups in total. The lowest BCUT2D eigenvalue weighted by Gasteiger charge is -2.49. The number of ether oxygens (including phenoxy) is 7. The van der Waals surface area contributed by atoms with Gasteiger partial charge in [-0.15, -0.1) is 12.3 Å². The molecule has 0 aliphatic carbocycles. The maximum absolute atomic E-state index is 16.2. The second-order valence-corrected chi connectivity index (χ2v) is 8.63. The minimum atomic E-state index is -3.29. The monoisotopic (exact) mass is 589 g/mol. The van der Waals surface area contributed by atoms with E-state index < -0.39 is 90.7 Å². The van der Waals surface area contributed by atoms with E-state index in [2.05, 4.69) is 16.0 Å². The van der Waals surface area contributed by atoms with Crippen LogP contribution >= 0.6 is 0 Å². The van der Waals surface area contributed by atoms with Crippen molar-refractivity contribution in [2.75, 3.05) is 13.7 Å². The zero-order chi connectivity index (χ0) is 31.5. The molecule has 1 aliphatic rings. The number of amides is 1. The summed E-state index contributed by atoms with van der Waals surface area (Å²) < 4.78 is 51.9. The molecule has 0 bridgehead atoms. The SMILES string of the molecule is C#CCCC(=O)NC1C(OC(C)=O)C(F)C(OC(C)=O)(C(=O)OC)OC1[C@H](OC(C)=O)[C@@H](COC(C)=O)OC(C)=O. The van der Waals surface area contributed by atoms with Crippen molar-refractivity contribution in [1.82, 2.24) is 5.32 Å². The Morgan fingerprint density at radius 2 is 1.56 bits per heavy atom. The van der Waals surface area contributed by atoms with Gasteiger partial charge in [0, 0.05) is 47.5 Å². The molecule has 1 aliphatic heterocycles. The Bertz CT molecular complexity index is 1070. The molecular weight excluding hydrogens is 557 g/mol. The van der Waals surface area contributed by atoms with Gasteiger partial charge in [0.25, 0.3) is 0 Å². The van der Waals surface area contributed by atoms with Gasteiger partial charge in [-0.05, 0) is 0 Å². The number of terminal acetylenes is 1. The van der Waals surface area contributed by atoms with Crippen molar-refractivity contribution in [3.8, 4) is 12.3 Å². The first kappa shape index (κ1) is 34.8. The molecule has 1 saturated heterocycles. The molecule has 5 unspecified atom stereocenters. The highest BCUT2D eigenvalue weighted by molar-refractivity contribution is 5.83. The third kappa shape index (κ3) is 9.71. The lowest BCUT2D eigenvalue weighted by atomic mass is 9.86. The largest absolute Gasteiger partial charge is 0.464 e. The van der Waals surface area contributed by atoms with Crippen molar-refractivity contribution < 1.29 is 71.1 Å². The van der Waals surface area contributed by atoms with E-state index >= 15 is 4.39 Å². The van der Waals surface area contributed by atoms with Crippen LogP contribution in [0.15, 0.2) is 0 Å². The number of halogens is 1. The molecule has 0 saturated carbocycles. The highest BCUT2D eigenvalue weighted by Crippen LogP contribution is 2.39. The van der Waals surface area contributed by atoms with Crippen molar-refractivity contribution in [2.24, 2.45) is 0 Å². The van der Waals surface area contributed by atoms with Crippen molar-refractivity contribution in [3.63, 3.8) is 0 Å². The predicted molar refractivity (Wildman–Crippen MR) is 130 cm³/mol. The second-order valence-electron chi connectivity index (χ2n) is 8.63. The molecular formula is C25H32FNO14. The molecule has 16 heteroatoms. The summed E-state index contributed by atoms with van der Waals surface area (Å²) in [4.78, 5) is 85.3. The quantitative estimate of drug-likeness (QED) is 0.172. The summed E-state index contributed by atoms with van der Waals surface area (Å²) in [6.07, 6.45) is -5.81. The third-order valence-electron chi connectivity index (χ3n) is 5.32. The van der Waals surface area contributed by atoms with E-state index in [4.69, 9.17) is 34.8 Å². The number of alkyl halides is 1. The Morgan fingerprint density at radius 1 is 0.951 bits per heavy atom. The molecule has 228 valence electrons. The van der Waals surface area contributed by atoms with Crippen LogP contribution in [0.2, 0.25) is 0 Å². The molecule has 1 heterocycles. The van der Waals surface area contributed by atoms with Gasteiger partial charge in [0.1, 0.15) is 12.7 Å². The Labute approximate surface area is 234 Å². The second kappa shape index (κ2) is 15.5. The highest BCUT2D eigenvalue weighted by atomic mass is 19.1. The fraction of sp³-hybridized carbons (Fsp3) is 0.640. The molecule has 0 aromatic rings. The lowest BCUT2D eigenvalue weighted by molar-refractivity contribution is -0.326. The normalized spacial score (nSPS) is 24.7. The van der Waals surface area contributed by atoms with Gasteiger partial charge in [0.05, 0.1) is 13.2 Å². The van der Waals surface area contributed by atoms with Crippen LogP contribution in [0.5, 0.6) is 0 Å². The first-order chi connectivity index (χ1) is 19.1. The van der Waals surface area contributed by atoms with Crippen LogP contribution in [-0.4, -0.2) is 97.9 Å². The van der Waals surface area contributed by atoms with Gasteiger partial charge in [0.15, 0.2) is 18.3 Å². The van der Waals surface area contributed by atoms with Crippen LogP contribution in [0.4, 0.5) is 4.39 Å². The third-order valence-corrected chi connectivity index (χ3v) is 5.32. The Hall–Kier alpha value is -4.26. The van der Waals surface area contributed by atoms with Gasteiger partial charge < -0.3 is 38.5 Å². The minimum Gasteiger partial charge on any atom is -0.464 e. The average Bonchev–Trinajstić information content (AvgIpc) is 2.86. The highest BCUT2D eigenvalue weighted by Gasteiger charge is 2.67. The van der Waals surface area contributed by atoms with E-state index in [1.165, 1.54) is 0 Å². The number of hydrogen-bond donors (Lipinski definition) is 1. The molecule has 15 nitrogen and oxygen atoms in total. The molecule has 1 fully saturated rings. The smallest absolute Gasteiger partial charge is 0.383 e. The Kier molecular flexibility index (Phi) is 13.1. The van der Waals surface area contributed by atoms with Gasteiger partial charge in [-0.3, -0.25) is 28.8 Å². The van der Waals surface area contributed by atoms with Crippen molar-refractivity contribution in [2.45, 2.75) is 89.9 Å². The number of rotatable bonds is 12. The molecule has 0 aromatic carbocycles. The molecule has 1 amide bonds. The summed E-state index contributed by atoms with van der Waals surface area (Å²) in [7, 11) is 0.805. The maximum Gasteiger partial charge on any atom is 0.383 e. The van der Waals surface area contributed by atoms with Gasteiger partial charge in [-0.2, -0.15) is 0 Å². The molecule has 0 aromatic heterocycles. The molecule has 0 radical (unpaired) electrons. The minimum absolute atomic E-state index is 0.0726. The number of methoxy groups -OCH3 is 1. The van der Waals surface area contributed by atoms with E-state index in [1.807, 2.05) is 0 Å². The van der Waals surface area contributed by atoms with E-state index in [0.717, 1.165) is 41.7 Å². The Balaban J connectivity index is 3.98. The topological polar surface area (TPSA) is 196 Å². The summed E-state index contributed by atoms with van der Waals surface area (Å²) in [5.41, 5.74) is 0. The zero-order valence-corrected chi connectivity index (χ0v) is 23.3. The van der Waals surface area contributed by atoms with Gasteiger partial charge >= 0.3 is 41.6 Å². The number of carbonyl (C=O) groups excluding carboxylic acids is 7. The van der Waals surface area contributed by atoms with Crippen LogP contribution in [0.25, 0.3) is 0 Å². The van der Waals surface area contributed by atoms with E-state index in [9.17, 15) is 33.6 Å². The number of carbonyl (C=O) groups is 7. The molecule has 1 rings (SSSR count). The van der Waals surface area contributed by atoms with Gasteiger partial charge in [-0.25, -0.2) is 9.18 Å². The number of hydrogen-bond acceptors (Lipinski definition) is 14. The summed E-state index contributed by atoms with van der Waals surface area (Å²) in [6.45, 7) is 3.82. The van der Waals surface area contributed by atoms with Crippen molar-refractivity contribution in [1.29, 1.82) is 0 Å². The lowest BCUT2D eigenvalue weighted by Crippen LogP contribution is -2.74. The van der Waals surface area contributed by atoms with Crippen LogP contribution in [0.1, 0.15) is 47.5 Å².